The standard InChI is InChI=1S/C19H25N5O2/c1-14-3-5-15(6-4-14)10-22(2)12-19(25)23-8-7-18-17(11-23)24-16(13-26-18)9-20-21-24/h3-6,9,17-18H,7-8,10-13H2,1-2H3/t17-,18-/m0/s1. The van der Waals surface area contributed by atoms with Crippen LogP contribution in [0.4, 0.5) is 0 Å². The Morgan fingerprint density at radius 2 is 2.15 bits per heavy atom. The van der Waals surface area contributed by atoms with Gasteiger partial charge in [0, 0.05) is 19.6 Å². The number of likely N-dealkylation sites (tertiary alicyclic amines) is 1. The van der Waals surface area contributed by atoms with Crippen molar-refractivity contribution < 1.29 is 9.53 Å². The predicted octanol–water partition coefficient (Wildman–Crippen LogP) is 1.39. The number of aryl methyl sites for hydroxylation is 1. The van der Waals surface area contributed by atoms with Crippen LogP contribution in [0.3, 0.4) is 0 Å². The summed E-state index contributed by atoms with van der Waals surface area (Å²) in [6.07, 6.45) is 2.71. The normalized spacial score (nSPS) is 22.2. The first-order valence-corrected chi connectivity index (χ1v) is 9.12. The lowest BCUT2D eigenvalue weighted by Gasteiger charge is -2.41. The summed E-state index contributed by atoms with van der Waals surface area (Å²) in [6, 6.07) is 8.52. The lowest BCUT2D eigenvalue weighted by molar-refractivity contribution is -0.139. The maximum absolute atomic E-state index is 12.8. The van der Waals surface area contributed by atoms with E-state index in [2.05, 4.69) is 46.4 Å². The number of fused-ring (bicyclic) bond motifs is 3. The number of benzene rings is 1. The van der Waals surface area contributed by atoms with Gasteiger partial charge in [-0.15, -0.1) is 5.10 Å². The number of carbonyl (C=O) groups is 1. The molecule has 3 heterocycles. The molecule has 2 aliphatic rings. The Balaban J connectivity index is 1.36. The summed E-state index contributed by atoms with van der Waals surface area (Å²) in [7, 11) is 1.99. The molecule has 0 radical (unpaired) electrons. The van der Waals surface area contributed by atoms with E-state index in [4.69, 9.17) is 4.74 Å². The summed E-state index contributed by atoms with van der Waals surface area (Å²) in [4.78, 5) is 16.8. The highest BCUT2D eigenvalue weighted by molar-refractivity contribution is 5.78. The molecule has 1 saturated heterocycles. The van der Waals surface area contributed by atoms with E-state index in [-0.39, 0.29) is 18.1 Å². The van der Waals surface area contributed by atoms with Crippen molar-refractivity contribution in [1.29, 1.82) is 0 Å². The van der Waals surface area contributed by atoms with Crippen molar-refractivity contribution in [3.05, 3.63) is 47.3 Å². The quantitative estimate of drug-likeness (QED) is 0.829. The lowest BCUT2D eigenvalue weighted by atomic mass is 10.0. The average molecular weight is 355 g/mol. The van der Waals surface area contributed by atoms with E-state index in [0.717, 1.165) is 25.2 Å². The summed E-state index contributed by atoms with van der Waals surface area (Å²) < 4.78 is 7.85. The van der Waals surface area contributed by atoms with Crippen molar-refractivity contribution in [3.8, 4) is 0 Å². The van der Waals surface area contributed by atoms with Gasteiger partial charge in [0.1, 0.15) is 0 Å². The molecule has 26 heavy (non-hydrogen) atoms. The number of amides is 1. The van der Waals surface area contributed by atoms with E-state index in [9.17, 15) is 4.79 Å². The Hall–Kier alpha value is -2.25. The van der Waals surface area contributed by atoms with Crippen LogP contribution < -0.4 is 0 Å². The average Bonchev–Trinajstić information content (AvgIpc) is 3.12. The fraction of sp³-hybridized carbons (Fsp3) is 0.526. The number of likely N-dealkylation sites (N-methyl/N-ethyl adjacent to an activating group) is 1. The highest BCUT2D eigenvalue weighted by Gasteiger charge is 2.37. The Labute approximate surface area is 153 Å². The van der Waals surface area contributed by atoms with Crippen LogP contribution in [0.25, 0.3) is 0 Å². The Bertz CT molecular complexity index is 772. The van der Waals surface area contributed by atoms with Gasteiger partial charge < -0.3 is 9.64 Å². The second kappa shape index (κ2) is 7.17. The van der Waals surface area contributed by atoms with Crippen LogP contribution >= 0.6 is 0 Å². The zero-order valence-corrected chi connectivity index (χ0v) is 15.3. The smallest absolute Gasteiger partial charge is 0.236 e. The third-order valence-electron chi connectivity index (χ3n) is 5.26. The topological polar surface area (TPSA) is 63.5 Å². The summed E-state index contributed by atoms with van der Waals surface area (Å²) in [5.74, 6) is 0.158. The summed E-state index contributed by atoms with van der Waals surface area (Å²) in [6.45, 7) is 5.19. The number of hydrogen-bond donors (Lipinski definition) is 0. The van der Waals surface area contributed by atoms with Crippen LogP contribution in [0.1, 0.15) is 29.3 Å². The number of hydrogen-bond acceptors (Lipinski definition) is 5. The van der Waals surface area contributed by atoms with Crippen molar-refractivity contribution in [3.63, 3.8) is 0 Å². The van der Waals surface area contributed by atoms with E-state index in [0.29, 0.717) is 19.7 Å². The predicted molar refractivity (Wildman–Crippen MR) is 96.3 cm³/mol. The summed E-state index contributed by atoms with van der Waals surface area (Å²) in [5, 5.41) is 8.18. The van der Waals surface area contributed by atoms with Gasteiger partial charge in [0.2, 0.25) is 5.91 Å². The van der Waals surface area contributed by atoms with Crippen molar-refractivity contribution in [2.45, 2.75) is 38.6 Å². The lowest BCUT2D eigenvalue weighted by Crippen LogP contribution is -2.51. The molecule has 1 aromatic carbocycles. The number of carbonyl (C=O) groups excluding carboxylic acids is 1. The van der Waals surface area contributed by atoms with Crippen LogP contribution in [0.15, 0.2) is 30.5 Å². The first-order chi connectivity index (χ1) is 12.6. The molecule has 138 valence electrons. The third-order valence-corrected chi connectivity index (χ3v) is 5.26. The van der Waals surface area contributed by atoms with Crippen LogP contribution in [0.5, 0.6) is 0 Å². The summed E-state index contributed by atoms with van der Waals surface area (Å²) >= 11 is 0. The van der Waals surface area contributed by atoms with Gasteiger partial charge in [-0.3, -0.25) is 9.69 Å². The maximum Gasteiger partial charge on any atom is 0.236 e. The van der Waals surface area contributed by atoms with E-state index in [1.807, 2.05) is 16.6 Å². The highest BCUT2D eigenvalue weighted by atomic mass is 16.5. The van der Waals surface area contributed by atoms with E-state index in [1.165, 1.54) is 11.1 Å². The number of aromatic nitrogens is 3. The van der Waals surface area contributed by atoms with Gasteiger partial charge >= 0.3 is 0 Å². The molecule has 1 amide bonds. The molecule has 0 saturated carbocycles. The van der Waals surface area contributed by atoms with Crippen molar-refractivity contribution >= 4 is 5.91 Å². The minimum absolute atomic E-state index is 0.0707. The van der Waals surface area contributed by atoms with Gasteiger partial charge in [0.15, 0.2) is 0 Å². The minimum Gasteiger partial charge on any atom is -0.370 e. The molecule has 4 rings (SSSR count). The number of ether oxygens (including phenoxy) is 1. The number of rotatable bonds is 4. The second-order valence-corrected chi connectivity index (χ2v) is 7.37. The SMILES string of the molecule is Cc1ccc(CN(C)CC(=O)N2CC[C@@H]3OCc4cnnn4[C@H]3C2)cc1. The molecule has 2 aromatic rings. The molecule has 2 atom stereocenters. The van der Waals surface area contributed by atoms with Gasteiger partial charge in [-0.1, -0.05) is 35.0 Å². The van der Waals surface area contributed by atoms with Crippen LogP contribution in [-0.2, 0) is 22.7 Å². The molecule has 1 aromatic heterocycles. The zero-order valence-electron chi connectivity index (χ0n) is 15.3. The molecule has 1 fully saturated rings. The molecular weight excluding hydrogens is 330 g/mol. The molecule has 2 aliphatic heterocycles. The van der Waals surface area contributed by atoms with Gasteiger partial charge in [-0.25, -0.2) is 4.68 Å². The van der Waals surface area contributed by atoms with Gasteiger partial charge in [-0.05, 0) is 26.0 Å². The third kappa shape index (κ3) is 3.50. The largest absolute Gasteiger partial charge is 0.370 e. The fourth-order valence-corrected chi connectivity index (χ4v) is 3.80. The second-order valence-electron chi connectivity index (χ2n) is 7.37. The van der Waals surface area contributed by atoms with E-state index >= 15 is 0 Å². The molecular formula is C19H25N5O2. The molecule has 0 N–H and O–H groups in total. The fourth-order valence-electron chi connectivity index (χ4n) is 3.80. The number of piperidine rings is 1. The van der Waals surface area contributed by atoms with Crippen molar-refractivity contribution in [2.24, 2.45) is 0 Å². The molecule has 0 unspecified atom stereocenters. The van der Waals surface area contributed by atoms with Crippen LogP contribution in [0, 0.1) is 6.92 Å². The van der Waals surface area contributed by atoms with Gasteiger partial charge in [-0.2, -0.15) is 0 Å². The van der Waals surface area contributed by atoms with Crippen LogP contribution in [-0.4, -0.2) is 63.5 Å². The first kappa shape index (κ1) is 17.2. The van der Waals surface area contributed by atoms with Crippen molar-refractivity contribution in [1.82, 2.24) is 24.8 Å². The van der Waals surface area contributed by atoms with Gasteiger partial charge in [0.25, 0.3) is 0 Å². The molecule has 0 spiro atoms. The van der Waals surface area contributed by atoms with Gasteiger partial charge in [0.05, 0.1) is 37.2 Å². The van der Waals surface area contributed by atoms with Crippen molar-refractivity contribution in [2.75, 3.05) is 26.7 Å². The molecule has 7 heteroatoms. The molecule has 7 nitrogen and oxygen atoms in total. The minimum atomic E-state index is 0.0707. The monoisotopic (exact) mass is 355 g/mol. The zero-order chi connectivity index (χ0) is 18.1. The summed E-state index contributed by atoms with van der Waals surface area (Å²) in [5.41, 5.74) is 3.45. The first-order valence-electron chi connectivity index (χ1n) is 9.12. The molecule has 0 bridgehead atoms. The Morgan fingerprint density at radius 3 is 2.96 bits per heavy atom. The Kier molecular flexibility index (Phi) is 4.74. The number of nitrogens with zero attached hydrogens (tertiary/aromatic N) is 5. The maximum atomic E-state index is 12.8. The van der Waals surface area contributed by atoms with E-state index < -0.39 is 0 Å². The molecule has 0 aliphatic carbocycles. The Morgan fingerprint density at radius 1 is 1.35 bits per heavy atom. The van der Waals surface area contributed by atoms with Crippen LogP contribution in [0.2, 0.25) is 0 Å². The van der Waals surface area contributed by atoms with E-state index in [1.54, 1.807) is 6.20 Å². The highest BCUT2D eigenvalue weighted by Crippen LogP contribution is 2.30.